The van der Waals surface area contributed by atoms with E-state index in [9.17, 15) is 14.0 Å². The summed E-state index contributed by atoms with van der Waals surface area (Å²) in [6, 6.07) is 5.83. The first-order chi connectivity index (χ1) is 13.9. The molecule has 0 bridgehead atoms. The summed E-state index contributed by atoms with van der Waals surface area (Å²) in [4.78, 5) is 34.0. The number of amides is 1. The van der Waals surface area contributed by atoms with Crippen LogP contribution in [0.5, 0.6) is 0 Å². The minimum atomic E-state index is -0.346. The molecule has 152 valence electrons. The van der Waals surface area contributed by atoms with Crippen molar-refractivity contribution in [1.29, 1.82) is 0 Å². The molecule has 0 saturated carbocycles. The number of benzene rings is 1. The maximum atomic E-state index is 13.2. The number of hydrogen-bond donors (Lipinski definition) is 0. The van der Waals surface area contributed by atoms with E-state index in [0.29, 0.717) is 35.6 Å². The van der Waals surface area contributed by atoms with Crippen LogP contribution in [-0.4, -0.2) is 68.3 Å². The minimum Gasteiger partial charge on any atom is -0.340 e. The van der Waals surface area contributed by atoms with Crippen LogP contribution in [0.1, 0.15) is 12.2 Å². The van der Waals surface area contributed by atoms with Gasteiger partial charge in [-0.15, -0.1) is 0 Å². The summed E-state index contributed by atoms with van der Waals surface area (Å²) in [7, 11) is 2.04. The summed E-state index contributed by atoms with van der Waals surface area (Å²) in [5.41, 5.74) is 0.809. The van der Waals surface area contributed by atoms with Crippen LogP contribution >= 0.6 is 0 Å². The van der Waals surface area contributed by atoms with Gasteiger partial charge in [-0.05, 0) is 38.2 Å². The van der Waals surface area contributed by atoms with Gasteiger partial charge in [0.05, 0.1) is 11.9 Å². The van der Waals surface area contributed by atoms with Gasteiger partial charge in [0, 0.05) is 39.1 Å². The van der Waals surface area contributed by atoms with E-state index >= 15 is 0 Å². The molecule has 3 aromatic rings. The maximum absolute atomic E-state index is 13.2. The summed E-state index contributed by atoms with van der Waals surface area (Å²) in [5, 5.41) is 4.62. The molecule has 0 spiro atoms. The Bertz CT molecular complexity index is 1100. The summed E-state index contributed by atoms with van der Waals surface area (Å²) in [6.45, 7) is 5.17. The van der Waals surface area contributed by atoms with Gasteiger partial charge in [-0.3, -0.25) is 14.2 Å². The first kappa shape index (κ1) is 19.3. The Morgan fingerprint density at radius 3 is 2.52 bits per heavy atom. The molecule has 0 aliphatic carbocycles. The Kier molecular flexibility index (Phi) is 5.14. The van der Waals surface area contributed by atoms with Gasteiger partial charge in [0.25, 0.3) is 5.56 Å². The summed E-state index contributed by atoms with van der Waals surface area (Å²) < 4.78 is 16.2. The number of nitrogens with zero attached hydrogens (tertiary/aromatic N) is 6. The molecule has 9 heteroatoms. The first-order valence-electron chi connectivity index (χ1n) is 9.61. The molecule has 1 fully saturated rings. The normalized spacial score (nSPS) is 15.2. The third kappa shape index (κ3) is 3.77. The molecule has 29 heavy (non-hydrogen) atoms. The molecule has 0 N–H and O–H groups in total. The Hall–Kier alpha value is -3.07. The van der Waals surface area contributed by atoms with Crippen molar-refractivity contribution in [1.82, 2.24) is 29.1 Å². The van der Waals surface area contributed by atoms with Crippen LogP contribution < -0.4 is 5.56 Å². The lowest BCUT2D eigenvalue weighted by Crippen LogP contribution is -2.47. The molecule has 4 rings (SSSR count). The summed E-state index contributed by atoms with van der Waals surface area (Å²) in [5.74, 6) is 0.214. The second kappa shape index (κ2) is 7.75. The van der Waals surface area contributed by atoms with Crippen molar-refractivity contribution in [3.8, 4) is 5.69 Å². The Morgan fingerprint density at radius 1 is 1.14 bits per heavy atom. The average Bonchev–Trinajstić information content (AvgIpc) is 3.12. The number of rotatable bonds is 4. The van der Waals surface area contributed by atoms with Crippen molar-refractivity contribution >= 4 is 16.9 Å². The van der Waals surface area contributed by atoms with E-state index in [0.717, 1.165) is 13.1 Å². The van der Waals surface area contributed by atoms with Crippen molar-refractivity contribution in [3.63, 3.8) is 0 Å². The number of aryl methyl sites for hydroxylation is 1. The molecule has 3 heterocycles. The fourth-order valence-electron chi connectivity index (χ4n) is 3.56. The average molecular weight is 398 g/mol. The van der Waals surface area contributed by atoms with Crippen molar-refractivity contribution in [2.75, 3.05) is 33.2 Å². The zero-order chi connectivity index (χ0) is 20.5. The number of hydrogen-bond acceptors (Lipinski definition) is 5. The quantitative estimate of drug-likeness (QED) is 0.660. The molecule has 1 saturated heterocycles. The molecule has 8 nitrogen and oxygen atoms in total. The van der Waals surface area contributed by atoms with E-state index in [1.807, 2.05) is 11.9 Å². The molecule has 1 aliphatic heterocycles. The fourth-order valence-corrected chi connectivity index (χ4v) is 3.56. The number of aromatic nitrogens is 4. The lowest BCUT2D eigenvalue weighted by atomic mass is 10.2. The molecule has 1 aromatic carbocycles. The van der Waals surface area contributed by atoms with Crippen LogP contribution in [0.3, 0.4) is 0 Å². The van der Waals surface area contributed by atoms with Gasteiger partial charge in [-0.25, -0.2) is 14.1 Å². The molecule has 1 aliphatic rings. The lowest BCUT2D eigenvalue weighted by Gasteiger charge is -2.32. The standard InChI is InChI=1S/C20H23FN6O2/c1-14-23-19-17(13-22-27(19)16-5-3-15(21)4-6-16)20(29)26(14)8-7-18(28)25-11-9-24(2)10-12-25/h3-6,13H,7-12H2,1-2H3. The fraction of sp³-hybridized carbons (Fsp3) is 0.400. The SMILES string of the molecule is Cc1nc2c(cnn2-c2ccc(F)cc2)c(=O)n1CCC(=O)N1CCN(C)CC1. The van der Waals surface area contributed by atoms with Crippen LogP contribution in [0.25, 0.3) is 16.7 Å². The summed E-state index contributed by atoms with van der Waals surface area (Å²) in [6.07, 6.45) is 1.72. The lowest BCUT2D eigenvalue weighted by molar-refractivity contribution is -0.133. The number of piperazine rings is 1. The van der Waals surface area contributed by atoms with Gasteiger partial charge in [-0.1, -0.05) is 0 Å². The number of likely N-dealkylation sites (N-methyl/N-ethyl adjacent to an activating group) is 1. The Balaban J connectivity index is 1.57. The van der Waals surface area contributed by atoms with E-state index in [-0.39, 0.29) is 30.2 Å². The smallest absolute Gasteiger partial charge is 0.264 e. The van der Waals surface area contributed by atoms with Crippen molar-refractivity contribution in [3.05, 3.63) is 52.5 Å². The van der Waals surface area contributed by atoms with E-state index in [4.69, 9.17) is 0 Å². The van der Waals surface area contributed by atoms with Crippen LogP contribution in [0.2, 0.25) is 0 Å². The number of carbonyl (C=O) groups is 1. The van der Waals surface area contributed by atoms with Gasteiger partial charge in [0.1, 0.15) is 17.0 Å². The van der Waals surface area contributed by atoms with Crippen molar-refractivity contribution < 1.29 is 9.18 Å². The van der Waals surface area contributed by atoms with Gasteiger partial charge in [-0.2, -0.15) is 5.10 Å². The highest BCUT2D eigenvalue weighted by atomic mass is 19.1. The van der Waals surface area contributed by atoms with Crippen LogP contribution in [0.15, 0.2) is 35.3 Å². The second-order valence-corrected chi connectivity index (χ2v) is 7.32. The monoisotopic (exact) mass is 398 g/mol. The highest BCUT2D eigenvalue weighted by molar-refractivity contribution is 5.77. The molecular weight excluding hydrogens is 375 g/mol. The molecule has 0 unspecified atom stereocenters. The van der Waals surface area contributed by atoms with E-state index < -0.39 is 0 Å². The van der Waals surface area contributed by atoms with Crippen LogP contribution in [0, 0.1) is 12.7 Å². The number of carbonyl (C=O) groups excluding carboxylic acids is 1. The van der Waals surface area contributed by atoms with E-state index in [1.165, 1.54) is 27.6 Å². The number of halogens is 1. The predicted molar refractivity (Wildman–Crippen MR) is 107 cm³/mol. The molecule has 0 atom stereocenters. The molecule has 1 amide bonds. The van der Waals surface area contributed by atoms with E-state index in [2.05, 4.69) is 15.0 Å². The van der Waals surface area contributed by atoms with E-state index in [1.54, 1.807) is 19.1 Å². The third-order valence-corrected chi connectivity index (χ3v) is 5.35. The van der Waals surface area contributed by atoms with Gasteiger partial charge >= 0.3 is 0 Å². The number of fused-ring (bicyclic) bond motifs is 1. The summed E-state index contributed by atoms with van der Waals surface area (Å²) >= 11 is 0. The van der Waals surface area contributed by atoms with Crippen molar-refractivity contribution in [2.45, 2.75) is 19.9 Å². The molecule has 0 radical (unpaired) electrons. The highest BCUT2D eigenvalue weighted by Gasteiger charge is 2.20. The maximum Gasteiger partial charge on any atom is 0.264 e. The molecular formula is C20H23FN6O2. The largest absolute Gasteiger partial charge is 0.340 e. The third-order valence-electron chi connectivity index (χ3n) is 5.35. The minimum absolute atomic E-state index is 0.0477. The Morgan fingerprint density at radius 2 is 1.83 bits per heavy atom. The van der Waals surface area contributed by atoms with Crippen LogP contribution in [-0.2, 0) is 11.3 Å². The Labute approximate surface area is 167 Å². The zero-order valence-corrected chi connectivity index (χ0v) is 16.5. The van der Waals surface area contributed by atoms with Gasteiger partial charge in [0.15, 0.2) is 5.65 Å². The second-order valence-electron chi connectivity index (χ2n) is 7.32. The first-order valence-corrected chi connectivity index (χ1v) is 9.61. The van der Waals surface area contributed by atoms with Crippen molar-refractivity contribution in [2.24, 2.45) is 0 Å². The van der Waals surface area contributed by atoms with Crippen LogP contribution in [0.4, 0.5) is 4.39 Å². The predicted octanol–water partition coefficient (Wildman–Crippen LogP) is 1.19. The topological polar surface area (TPSA) is 76.3 Å². The van der Waals surface area contributed by atoms with Gasteiger partial charge in [0.2, 0.25) is 5.91 Å². The van der Waals surface area contributed by atoms with Gasteiger partial charge < -0.3 is 9.80 Å². The zero-order valence-electron chi connectivity index (χ0n) is 16.5. The molecule has 2 aromatic heterocycles. The highest BCUT2D eigenvalue weighted by Crippen LogP contribution is 2.15.